The maximum absolute atomic E-state index is 6.02. The smallest absolute Gasteiger partial charge is 0.212 e. The molecule has 1 aliphatic heterocycles. The number of halogens is 1. The maximum Gasteiger partial charge on any atom is 0.212 e. The van der Waals surface area contributed by atoms with Gasteiger partial charge in [0.25, 0.3) is 0 Å². The van der Waals surface area contributed by atoms with Crippen LogP contribution in [0.2, 0.25) is 5.02 Å². The SMILES string of the molecule is COc1ccc(Cl)cc1-c1nnc2n1N=C(N)CS2. The van der Waals surface area contributed by atoms with Crippen LogP contribution in [0, 0.1) is 0 Å². The zero-order valence-corrected chi connectivity index (χ0v) is 11.6. The summed E-state index contributed by atoms with van der Waals surface area (Å²) >= 11 is 7.51. The van der Waals surface area contributed by atoms with E-state index >= 15 is 0 Å². The van der Waals surface area contributed by atoms with Crippen LogP contribution in [0.4, 0.5) is 0 Å². The molecule has 1 aromatic carbocycles. The predicted molar refractivity (Wildman–Crippen MR) is 74.8 cm³/mol. The van der Waals surface area contributed by atoms with E-state index in [0.29, 0.717) is 33.3 Å². The third kappa shape index (κ3) is 2.15. The van der Waals surface area contributed by atoms with Crippen molar-refractivity contribution in [2.45, 2.75) is 5.16 Å². The summed E-state index contributed by atoms with van der Waals surface area (Å²) in [6.45, 7) is 0. The average molecular weight is 296 g/mol. The van der Waals surface area contributed by atoms with Gasteiger partial charge in [-0.05, 0) is 18.2 Å². The molecule has 0 unspecified atom stereocenters. The number of amidine groups is 1. The van der Waals surface area contributed by atoms with Gasteiger partial charge < -0.3 is 10.5 Å². The van der Waals surface area contributed by atoms with Crippen LogP contribution in [-0.4, -0.2) is 33.6 Å². The van der Waals surface area contributed by atoms with Crippen molar-refractivity contribution in [3.05, 3.63) is 23.2 Å². The monoisotopic (exact) mass is 295 g/mol. The third-order valence-electron chi connectivity index (χ3n) is 2.59. The van der Waals surface area contributed by atoms with Crippen LogP contribution < -0.4 is 10.5 Å². The summed E-state index contributed by atoms with van der Waals surface area (Å²) in [4.78, 5) is 0. The Balaban J connectivity index is 2.19. The normalized spacial score (nSPS) is 13.9. The number of methoxy groups -OCH3 is 1. The molecule has 0 bridgehead atoms. The molecule has 19 heavy (non-hydrogen) atoms. The second kappa shape index (κ2) is 4.75. The summed E-state index contributed by atoms with van der Waals surface area (Å²) in [5, 5.41) is 13.8. The molecule has 0 saturated heterocycles. The van der Waals surface area contributed by atoms with Crippen molar-refractivity contribution >= 4 is 29.2 Å². The summed E-state index contributed by atoms with van der Waals surface area (Å²) in [5.74, 6) is 2.36. The van der Waals surface area contributed by atoms with Crippen LogP contribution in [-0.2, 0) is 0 Å². The molecule has 2 N–H and O–H groups in total. The fraction of sp³-hybridized carbons (Fsp3) is 0.182. The van der Waals surface area contributed by atoms with Crippen molar-refractivity contribution in [3.63, 3.8) is 0 Å². The molecular weight excluding hydrogens is 286 g/mol. The number of thioether (sulfide) groups is 1. The lowest BCUT2D eigenvalue weighted by Gasteiger charge is -2.12. The van der Waals surface area contributed by atoms with Gasteiger partial charge in [0.2, 0.25) is 5.16 Å². The summed E-state index contributed by atoms with van der Waals surface area (Å²) in [6, 6.07) is 5.30. The Kier molecular flexibility index (Phi) is 3.08. The topological polar surface area (TPSA) is 78.3 Å². The van der Waals surface area contributed by atoms with Crippen LogP contribution in [0.25, 0.3) is 11.4 Å². The molecule has 0 spiro atoms. The van der Waals surface area contributed by atoms with Gasteiger partial charge in [-0.3, -0.25) is 0 Å². The molecule has 98 valence electrons. The quantitative estimate of drug-likeness (QED) is 0.914. The van der Waals surface area contributed by atoms with Crippen LogP contribution in [0.15, 0.2) is 28.5 Å². The first-order valence-electron chi connectivity index (χ1n) is 5.44. The predicted octanol–water partition coefficient (Wildman–Crippen LogP) is 1.83. The molecule has 2 heterocycles. The standard InChI is InChI=1S/C11H10ClN5OS/c1-18-8-3-2-6(12)4-7(8)10-14-15-11-17(10)16-9(13)5-19-11/h2-4H,5H2,1H3,(H2,13,16). The van der Waals surface area contributed by atoms with Gasteiger partial charge >= 0.3 is 0 Å². The Morgan fingerprint density at radius 1 is 1.42 bits per heavy atom. The van der Waals surface area contributed by atoms with Gasteiger partial charge in [0.05, 0.1) is 18.4 Å². The minimum atomic E-state index is 0.527. The number of aromatic nitrogens is 3. The van der Waals surface area contributed by atoms with Gasteiger partial charge in [0.15, 0.2) is 5.82 Å². The highest BCUT2D eigenvalue weighted by molar-refractivity contribution is 7.99. The molecule has 1 aliphatic rings. The highest BCUT2D eigenvalue weighted by atomic mass is 35.5. The first-order valence-corrected chi connectivity index (χ1v) is 6.81. The second-order valence-corrected chi connectivity index (χ2v) is 5.22. The molecule has 3 rings (SSSR count). The van der Waals surface area contributed by atoms with Gasteiger partial charge in [-0.1, -0.05) is 23.4 Å². The molecule has 0 fully saturated rings. The van der Waals surface area contributed by atoms with E-state index in [-0.39, 0.29) is 0 Å². The van der Waals surface area contributed by atoms with Crippen molar-refractivity contribution in [3.8, 4) is 17.1 Å². The van der Waals surface area contributed by atoms with Gasteiger partial charge in [-0.2, -0.15) is 9.78 Å². The maximum atomic E-state index is 6.02. The zero-order chi connectivity index (χ0) is 13.4. The van der Waals surface area contributed by atoms with Gasteiger partial charge in [0, 0.05) is 5.02 Å². The highest BCUT2D eigenvalue weighted by Gasteiger charge is 2.21. The highest BCUT2D eigenvalue weighted by Crippen LogP contribution is 2.34. The summed E-state index contributed by atoms with van der Waals surface area (Å²) in [6.07, 6.45) is 0. The molecule has 2 aromatic rings. The fourth-order valence-electron chi connectivity index (χ4n) is 1.76. The molecule has 0 amide bonds. The largest absolute Gasteiger partial charge is 0.496 e. The zero-order valence-electron chi connectivity index (χ0n) is 10.00. The molecule has 6 nitrogen and oxygen atoms in total. The van der Waals surface area contributed by atoms with E-state index in [1.54, 1.807) is 30.0 Å². The van der Waals surface area contributed by atoms with Crippen LogP contribution in [0.1, 0.15) is 0 Å². The first-order chi connectivity index (χ1) is 9.19. The lowest BCUT2D eigenvalue weighted by Crippen LogP contribution is -2.20. The number of rotatable bonds is 2. The van der Waals surface area contributed by atoms with Crippen LogP contribution >= 0.6 is 23.4 Å². The number of fused-ring (bicyclic) bond motifs is 1. The molecular formula is C11H10ClN5OS. The Hall–Kier alpha value is -1.73. The number of benzene rings is 1. The van der Waals surface area contributed by atoms with Crippen molar-refractivity contribution in [1.82, 2.24) is 14.9 Å². The van der Waals surface area contributed by atoms with E-state index in [0.717, 1.165) is 5.56 Å². The fourth-order valence-corrected chi connectivity index (χ4v) is 2.62. The molecule has 8 heteroatoms. The van der Waals surface area contributed by atoms with Crippen molar-refractivity contribution in [2.75, 3.05) is 12.9 Å². The van der Waals surface area contributed by atoms with Crippen molar-refractivity contribution in [1.29, 1.82) is 0 Å². The molecule has 0 atom stereocenters. The van der Waals surface area contributed by atoms with Gasteiger partial charge in [-0.25, -0.2) is 0 Å². The van der Waals surface area contributed by atoms with E-state index in [4.69, 9.17) is 22.1 Å². The number of hydrogen-bond donors (Lipinski definition) is 1. The Labute approximate surface area is 118 Å². The van der Waals surface area contributed by atoms with E-state index < -0.39 is 0 Å². The Morgan fingerprint density at radius 2 is 2.26 bits per heavy atom. The number of ether oxygens (including phenoxy) is 1. The number of nitrogens with zero attached hydrogens (tertiary/aromatic N) is 4. The molecule has 0 saturated carbocycles. The van der Waals surface area contributed by atoms with Gasteiger partial charge in [-0.15, -0.1) is 10.2 Å². The average Bonchev–Trinajstić information content (AvgIpc) is 2.81. The van der Waals surface area contributed by atoms with E-state index in [1.807, 2.05) is 0 Å². The molecule has 0 radical (unpaired) electrons. The number of nitrogens with two attached hydrogens (primary N) is 1. The van der Waals surface area contributed by atoms with Crippen LogP contribution in [0.5, 0.6) is 5.75 Å². The van der Waals surface area contributed by atoms with E-state index in [1.165, 1.54) is 11.8 Å². The van der Waals surface area contributed by atoms with Gasteiger partial charge in [0.1, 0.15) is 11.6 Å². The van der Waals surface area contributed by atoms with E-state index in [2.05, 4.69) is 15.3 Å². The minimum absolute atomic E-state index is 0.527. The lowest BCUT2D eigenvalue weighted by atomic mass is 10.2. The van der Waals surface area contributed by atoms with Crippen LogP contribution in [0.3, 0.4) is 0 Å². The summed E-state index contributed by atoms with van der Waals surface area (Å²) in [5.41, 5.74) is 6.48. The lowest BCUT2D eigenvalue weighted by molar-refractivity contribution is 0.416. The number of hydrogen-bond acceptors (Lipinski definition) is 6. The molecule has 0 aliphatic carbocycles. The summed E-state index contributed by atoms with van der Waals surface area (Å²) < 4.78 is 6.92. The van der Waals surface area contributed by atoms with E-state index in [9.17, 15) is 0 Å². The molecule has 1 aromatic heterocycles. The Bertz CT molecular complexity index is 669. The third-order valence-corrected chi connectivity index (χ3v) is 3.78. The van der Waals surface area contributed by atoms with Crippen molar-refractivity contribution < 1.29 is 4.74 Å². The van der Waals surface area contributed by atoms with Crippen molar-refractivity contribution in [2.24, 2.45) is 10.8 Å². The first kappa shape index (κ1) is 12.3. The summed E-state index contributed by atoms with van der Waals surface area (Å²) in [7, 11) is 1.59. The second-order valence-electron chi connectivity index (χ2n) is 3.84. The Morgan fingerprint density at radius 3 is 3.05 bits per heavy atom. The minimum Gasteiger partial charge on any atom is -0.496 e.